The third-order valence-corrected chi connectivity index (χ3v) is 3.60. The number of anilines is 1. The highest BCUT2D eigenvalue weighted by Crippen LogP contribution is 2.30. The number of nitrogens with zero attached hydrogens (tertiary/aromatic N) is 1. The molecule has 0 bridgehead atoms. The second kappa shape index (κ2) is 5.82. The first kappa shape index (κ1) is 14.8. The molecule has 0 saturated heterocycles. The largest absolute Gasteiger partial charge is 0.385 e. The lowest BCUT2D eigenvalue weighted by atomic mass is 9.86. The minimum atomic E-state index is 0.166. The summed E-state index contributed by atoms with van der Waals surface area (Å²) < 4.78 is 0. The van der Waals surface area contributed by atoms with Gasteiger partial charge in [0.1, 0.15) is 0 Å². The molecule has 0 spiro atoms. The maximum Gasteiger partial charge on any atom is 0.0726 e. The van der Waals surface area contributed by atoms with Gasteiger partial charge in [-0.05, 0) is 42.5 Å². The van der Waals surface area contributed by atoms with Crippen LogP contribution in [0.4, 0.5) is 5.69 Å². The Bertz CT molecular complexity index is 594. The zero-order valence-electron chi connectivity index (χ0n) is 13.4. The number of benzene rings is 1. The Labute approximate surface area is 122 Å². The van der Waals surface area contributed by atoms with Crippen molar-refractivity contribution in [1.29, 1.82) is 0 Å². The highest BCUT2D eigenvalue weighted by Gasteiger charge is 2.15. The van der Waals surface area contributed by atoms with Gasteiger partial charge < -0.3 is 5.32 Å². The maximum atomic E-state index is 4.79. The molecule has 2 nitrogen and oxygen atoms in total. The van der Waals surface area contributed by atoms with Gasteiger partial charge in [0.2, 0.25) is 0 Å². The SMILES string of the molecule is CCCc1cc(NCC)c2cc(C(C)(C)C)ccc2n1. The van der Waals surface area contributed by atoms with Crippen molar-refractivity contribution in [2.75, 3.05) is 11.9 Å². The molecule has 0 aliphatic carbocycles. The van der Waals surface area contributed by atoms with Gasteiger partial charge in [-0.15, -0.1) is 0 Å². The van der Waals surface area contributed by atoms with Crippen LogP contribution in [-0.2, 0) is 11.8 Å². The summed E-state index contributed by atoms with van der Waals surface area (Å²) in [5.74, 6) is 0. The lowest BCUT2D eigenvalue weighted by Crippen LogP contribution is -2.11. The molecular formula is C18H26N2. The third kappa shape index (κ3) is 3.12. The summed E-state index contributed by atoms with van der Waals surface area (Å²) >= 11 is 0. The van der Waals surface area contributed by atoms with Gasteiger partial charge in [0.15, 0.2) is 0 Å². The molecule has 2 heteroatoms. The van der Waals surface area contributed by atoms with Crippen molar-refractivity contribution in [3.8, 4) is 0 Å². The summed E-state index contributed by atoms with van der Waals surface area (Å²) in [6.07, 6.45) is 2.17. The zero-order valence-corrected chi connectivity index (χ0v) is 13.4. The summed E-state index contributed by atoms with van der Waals surface area (Å²) in [5.41, 5.74) is 5.01. The standard InChI is InChI=1S/C18H26N2/c1-6-8-14-12-17(19-7-2)15-11-13(18(3,4)5)9-10-16(15)20-14/h9-12H,6-8H2,1-5H3,(H,19,20). The highest BCUT2D eigenvalue weighted by atomic mass is 14.9. The number of aryl methyl sites for hydroxylation is 1. The van der Waals surface area contributed by atoms with E-state index in [0.717, 1.165) is 24.9 Å². The van der Waals surface area contributed by atoms with Crippen LogP contribution in [-0.4, -0.2) is 11.5 Å². The molecule has 1 N–H and O–H groups in total. The maximum absolute atomic E-state index is 4.79. The fourth-order valence-electron chi connectivity index (χ4n) is 2.47. The quantitative estimate of drug-likeness (QED) is 0.853. The van der Waals surface area contributed by atoms with Crippen LogP contribution in [0.3, 0.4) is 0 Å². The Morgan fingerprint density at radius 3 is 2.45 bits per heavy atom. The van der Waals surface area contributed by atoms with E-state index in [1.165, 1.54) is 22.3 Å². The lowest BCUT2D eigenvalue weighted by Gasteiger charge is -2.20. The summed E-state index contributed by atoms with van der Waals surface area (Å²) in [4.78, 5) is 4.79. The van der Waals surface area contributed by atoms with E-state index >= 15 is 0 Å². The van der Waals surface area contributed by atoms with Crippen LogP contribution in [0.5, 0.6) is 0 Å². The minimum absolute atomic E-state index is 0.166. The Hall–Kier alpha value is -1.57. The van der Waals surface area contributed by atoms with E-state index < -0.39 is 0 Å². The van der Waals surface area contributed by atoms with Gasteiger partial charge in [0, 0.05) is 23.3 Å². The highest BCUT2D eigenvalue weighted by molar-refractivity contribution is 5.92. The van der Waals surface area contributed by atoms with Crippen molar-refractivity contribution in [2.45, 2.75) is 52.9 Å². The van der Waals surface area contributed by atoms with Crippen LogP contribution in [0.1, 0.15) is 52.3 Å². The molecule has 0 amide bonds. The van der Waals surface area contributed by atoms with E-state index in [1.54, 1.807) is 0 Å². The number of nitrogens with one attached hydrogen (secondary N) is 1. The number of hydrogen-bond acceptors (Lipinski definition) is 2. The van der Waals surface area contributed by atoms with Gasteiger partial charge in [-0.25, -0.2) is 0 Å². The Kier molecular flexibility index (Phi) is 4.32. The predicted molar refractivity (Wildman–Crippen MR) is 88.6 cm³/mol. The molecule has 1 aromatic carbocycles. The van der Waals surface area contributed by atoms with Crippen LogP contribution in [0, 0.1) is 0 Å². The molecule has 1 aromatic heterocycles. The number of hydrogen-bond donors (Lipinski definition) is 1. The first-order valence-corrected chi connectivity index (χ1v) is 7.63. The van der Waals surface area contributed by atoms with Crippen LogP contribution >= 0.6 is 0 Å². The number of pyridine rings is 1. The molecule has 0 aliphatic heterocycles. The molecule has 1 heterocycles. The summed E-state index contributed by atoms with van der Waals surface area (Å²) in [6.45, 7) is 12.0. The van der Waals surface area contributed by atoms with E-state index in [0.29, 0.717) is 0 Å². The van der Waals surface area contributed by atoms with Crippen molar-refractivity contribution in [3.63, 3.8) is 0 Å². The van der Waals surface area contributed by atoms with E-state index in [4.69, 9.17) is 4.98 Å². The van der Waals surface area contributed by atoms with Crippen LogP contribution in [0.2, 0.25) is 0 Å². The molecule has 0 saturated carbocycles. The van der Waals surface area contributed by atoms with Crippen LogP contribution < -0.4 is 5.32 Å². The molecule has 0 aliphatic rings. The molecule has 108 valence electrons. The van der Waals surface area contributed by atoms with Crippen molar-refractivity contribution in [1.82, 2.24) is 4.98 Å². The third-order valence-electron chi connectivity index (χ3n) is 3.60. The molecule has 0 fully saturated rings. The fourth-order valence-corrected chi connectivity index (χ4v) is 2.47. The molecule has 0 unspecified atom stereocenters. The first-order chi connectivity index (χ1) is 9.45. The zero-order chi connectivity index (χ0) is 14.8. The van der Waals surface area contributed by atoms with Crippen LogP contribution in [0.15, 0.2) is 24.3 Å². The van der Waals surface area contributed by atoms with Crippen LogP contribution in [0.25, 0.3) is 10.9 Å². The van der Waals surface area contributed by atoms with E-state index in [2.05, 4.69) is 64.2 Å². The Morgan fingerprint density at radius 1 is 1.10 bits per heavy atom. The van der Waals surface area contributed by atoms with E-state index in [9.17, 15) is 0 Å². The average Bonchev–Trinajstić information content (AvgIpc) is 2.38. The van der Waals surface area contributed by atoms with Gasteiger partial charge in [-0.3, -0.25) is 4.98 Å². The van der Waals surface area contributed by atoms with Gasteiger partial charge in [0.05, 0.1) is 5.52 Å². The molecule has 2 aromatic rings. The molecule has 2 rings (SSSR count). The second-order valence-electron chi connectivity index (χ2n) is 6.42. The van der Waals surface area contributed by atoms with E-state index in [-0.39, 0.29) is 5.41 Å². The van der Waals surface area contributed by atoms with E-state index in [1.807, 2.05) is 0 Å². The minimum Gasteiger partial charge on any atom is -0.385 e. The van der Waals surface area contributed by atoms with Gasteiger partial charge in [-0.2, -0.15) is 0 Å². The summed E-state index contributed by atoms with van der Waals surface area (Å²) in [5, 5.41) is 4.72. The summed E-state index contributed by atoms with van der Waals surface area (Å²) in [6, 6.07) is 8.87. The molecule has 0 radical (unpaired) electrons. The number of aromatic nitrogens is 1. The summed E-state index contributed by atoms with van der Waals surface area (Å²) in [7, 11) is 0. The van der Waals surface area contributed by atoms with Gasteiger partial charge in [-0.1, -0.05) is 40.2 Å². The topological polar surface area (TPSA) is 24.9 Å². The fraction of sp³-hybridized carbons (Fsp3) is 0.500. The lowest BCUT2D eigenvalue weighted by molar-refractivity contribution is 0.591. The first-order valence-electron chi connectivity index (χ1n) is 7.63. The molecule has 20 heavy (non-hydrogen) atoms. The average molecular weight is 270 g/mol. The van der Waals surface area contributed by atoms with Gasteiger partial charge in [0.25, 0.3) is 0 Å². The second-order valence-corrected chi connectivity index (χ2v) is 6.42. The van der Waals surface area contributed by atoms with Crippen molar-refractivity contribution in [3.05, 3.63) is 35.5 Å². The Morgan fingerprint density at radius 2 is 1.85 bits per heavy atom. The number of rotatable bonds is 4. The van der Waals surface area contributed by atoms with Crippen molar-refractivity contribution in [2.24, 2.45) is 0 Å². The van der Waals surface area contributed by atoms with Crippen molar-refractivity contribution >= 4 is 16.6 Å². The number of fused-ring (bicyclic) bond motifs is 1. The molecule has 0 atom stereocenters. The monoisotopic (exact) mass is 270 g/mol. The molecular weight excluding hydrogens is 244 g/mol. The predicted octanol–water partition coefficient (Wildman–Crippen LogP) is 4.92. The van der Waals surface area contributed by atoms with Crippen molar-refractivity contribution < 1.29 is 0 Å². The Balaban J connectivity index is 2.60. The smallest absolute Gasteiger partial charge is 0.0726 e. The van der Waals surface area contributed by atoms with Gasteiger partial charge >= 0.3 is 0 Å². The normalized spacial score (nSPS) is 11.8.